The van der Waals surface area contributed by atoms with Gasteiger partial charge in [0.05, 0.1) is 12.9 Å². The molecule has 1 saturated carbocycles. The molecule has 2 aromatic heterocycles. The molecule has 4 rings (SSSR count). The number of alkyl halides is 1. The van der Waals surface area contributed by atoms with Crippen LogP contribution in [0, 0.1) is 0 Å². The van der Waals surface area contributed by atoms with Crippen molar-refractivity contribution in [3.8, 4) is 0 Å². The summed E-state index contributed by atoms with van der Waals surface area (Å²) in [5, 5.41) is 13.4. The maximum atomic E-state index is 14.9. The molecular weight excluding hydrogens is 507 g/mol. The van der Waals surface area contributed by atoms with Crippen molar-refractivity contribution in [1.29, 1.82) is 0 Å². The first-order valence-corrected chi connectivity index (χ1v) is 14.0. The summed E-state index contributed by atoms with van der Waals surface area (Å²) in [6.07, 6.45) is -1.19. The first-order chi connectivity index (χ1) is 15.4. The smallest absolute Gasteiger partial charge is 0.340 e. The maximum Gasteiger partial charge on any atom is 0.340 e. The Kier molecular flexibility index (Phi) is 7.13. The number of halogens is 2. The van der Waals surface area contributed by atoms with Gasteiger partial charge in [0.25, 0.3) is 0 Å². The average molecular weight is 530 g/mol. The van der Waals surface area contributed by atoms with E-state index in [2.05, 4.69) is 24.8 Å². The minimum Gasteiger partial charge on any atom is -0.387 e. The lowest BCUT2D eigenvalue weighted by Gasteiger charge is -2.18. The van der Waals surface area contributed by atoms with Crippen LogP contribution in [0.2, 0.25) is 5.28 Å². The van der Waals surface area contributed by atoms with Gasteiger partial charge in [-0.2, -0.15) is 9.97 Å². The SMILES string of the molecule is O=P(O)(O)CP(=O)(O)OC[C@H]1O[C@@H](n2cnc3c(NC4CCCC4)nc(Cl)nc32)[C@@H](F)[C@@H]1O. The molecule has 5 atom stereocenters. The molecule has 1 unspecified atom stereocenters. The second-order valence-corrected chi connectivity index (χ2v) is 12.4. The lowest BCUT2D eigenvalue weighted by Crippen LogP contribution is -2.31. The highest BCUT2D eigenvalue weighted by molar-refractivity contribution is 7.70. The highest BCUT2D eigenvalue weighted by Gasteiger charge is 2.47. The topological polar surface area (TPSA) is 189 Å². The lowest BCUT2D eigenvalue weighted by atomic mass is 10.1. The number of hydrogen-bond acceptors (Lipinski definition) is 9. The summed E-state index contributed by atoms with van der Waals surface area (Å²) in [4.78, 5) is 39.8. The van der Waals surface area contributed by atoms with Crippen molar-refractivity contribution in [2.24, 2.45) is 0 Å². The number of anilines is 1. The van der Waals surface area contributed by atoms with E-state index in [1.807, 2.05) is 0 Å². The Labute approximate surface area is 192 Å². The van der Waals surface area contributed by atoms with Gasteiger partial charge in [0.2, 0.25) is 5.28 Å². The third-order valence-electron chi connectivity index (χ3n) is 5.46. The second-order valence-electron chi connectivity index (χ2n) is 8.03. The van der Waals surface area contributed by atoms with Gasteiger partial charge in [0, 0.05) is 6.04 Å². The van der Waals surface area contributed by atoms with E-state index in [-0.39, 0.29) is 17.0 Å². The maximum absolute atomic E-state index is 14.9. The van der Waals surface area contributed by atoms with Gasteiger partial charge in [-0.05, 0) is 24.4 Å². The molecule has 17 heteroatoms. The standard InChI is InChI=1S/C16H23ClFN5O8P2/c17-16-21-13(20-8-3-1-2-4-8)11-14(22-16)23(6-19-11)15-10(18)12(24)9(31-15)5-30-33(28,29)7-32(25,26)27/h6,8-10,12,15,24H,1-5,7H2,(H,28,29)(H,20,21,22)(H2,25,26,27)/t9-,10+,12-,15-/m1/s1. The molecular formula is C16H23ClFN5O8P2. The third-order valence-corrected chi connectivity index (χ3v) is 9.09. The van der Waals surface area contributed by atoms with Crippen molar-refractivity contribution in [2.45, 2.75) is 56.3 Å². The Bertz CT molecular complexity index is 1110. The largest absolute Gasteiger partial charge is 0.387 e. The van der Waals surface area contributed by atoms with Crippen molar-refractivity contribution < 1.29 is 42.6 Å². The van der Waals surface area contributed by atoms with Gasteiger partial charge < -0.3 is 34.4 Å². The summed E-state index contributed by atoms with van der Waals surface area (Å²) in [5.74, 6) is -1.02. The van der Waals surface area contributed by atoms with Crippen LogP contribution in [0.25, 0.3) is 11.2 Å². The molecule has 13 nitrogen and oxygen atoms in total. The van der Waals surface area contributed by atoms with Gasteiger partial charge in [-0.25, -0.2) is 9.37 Å². The molecule has 33 heavy (non-hydrogen) atoms. The van der Waals surface area contributed by atoms with Crippen LogP contribution in [0.5, 0.6) is 0 Å². The van der Waals surface area contributed by atoms with E-state index < -0.39 is 52.3 Å². The molecule has 2 aromatic rings. The fourth-order valence-electron chi connectivity index (χ4n) is 3.97. The quantitative estimate of drug-likeness (QED) is 0.246. The fraction of sp³-hybridized carbons (Fsp3) is 0.688. The molecule has 2 aliphatic rings. The van der Waals surface area contributed by atoms with E-state index in [0.29, 0.717) is 11.3 Å². The molecule has 2 fully saturated rings. The summed E-state index contributed by atoms with van der Waals surface area (Å²) in [7, 11) is -9.54. The van der Waals surface area contributed by atoms with Gasteiger partial charge in [-0.15, -0.1) is 0 Å². The molecule has 5 N–H and O–H groups in total. The van der Waals surface area contributed by atoms with Crippen molar-refractivity contribution in [3.63, 3.8) is 0 Å². The molecule has 0 spiro atoms. The van der Waals surface area contributed by atoms with Crippen LogP contribution < -0.4 is 5.32 Å². The second kappa shape index (κ2) is 9.44. The number of ether oxygens (including phenoxy) is 1. The zero-order valence-corrected chi connectivity index (χ0v) is 19.6. The average Bonchev–Trinajstić information content (AvgIpc) is 3.40. The van der Waals surface area contributed by atoms with Crippen LogP contribution in [0.15, 0.2) is 6.33 Å². The first kappa shape index (κ1) is 24.9. The Balaban J connectivity index is 1.53. The zero-order chi connectivity index (χ0) is 24.0. The predicted octanol–water partition coefficient (Wildman–Crippen LogP) is 1.77. The van der Waals surface area contributed by atoms with Gasteiger partial charge in [0.1, 0.15) is 12.2 Å². The van der Waals surface area contributed by atoms with Crippen molar-refractivity contribution in [3.05, 3.63) is 11.6 Å². The van der Waals surface area contributed by atoms with Gasteiger partial charge in [-0.3, -0.25) is 13.7 Å². The fourth-order valence-corrected chi connectivity index (χ4v) is 6.70. The van der Waals surface area contributed by atoms with Gasteiger partial charge in [-0.1, -0.05) is 12.8 Å². The third kappa shape index (κ3) is 5.72. The van der Waals surface area contributed by atoms with Crippen LogP contribution in [-0.4, -0.2) is 76.2 Å². The van der Waals surface area contributed by atoms with Gasteiger partial charge >= 0.3 is 15.2 Å². The van der Waals surface area contributed by atoms with E-state index in [1.54, 1.807) is 0 Å². The molecule has 0 bridgehead atoms. The Morgan fingerprint density at radius 3 is 2.64 bits per heavy atom. The summed E-state index contributed by atoms with van der Waals surface area (Å²) >= 11 is 6.06. The molecule has 0 aromatic carbocycles. The summed E-state index contributed by atoms with van der Waals surface area (Å²) in [6.45, 7) is -0.775. The molecule has 1 aliphatic carbocycles. The summed E-state index contributed by atoms with van der Waals surface area (Å²) in [5.41, 5.74) is 0.490. The molecule has 0 radical (unpaired) electrons. The van der Waals surface area contributed by atoms with Crippen LogP contribution in [0.3, 0.4) is 0 Å². The van der Waals surface area contributed by atoms with E-state index in [9.17, 15) is 23.5 Å². The minimum absolute atomic E-state index is 0.0998. The van der Waals surface area contributed by atoms with Crippen LogP contribution in [0.4, 0.5) is 10.2 Å². The Morgan fingerprint density at radius 1 is 1.27 bits per heavy atom. The number of aliphatic hydroxyl groups excluding tert-OH is 1. The molecule has 3 heterocycles. The summed E-state index contributed by atoms with van der Waals surface area (Å²) in [6, 6.07) is 0.201. The Hall–Kier alpha value is -1.21. The number of rotatable bonds is 8. The minimum atomic E-state index is -4.84. The van der Waals surface area contributed by atoms with Gasteiger partial charge in [0.15, 0.2) is 35.3 Å². The van der Waals surface area contributed by atoms with Crippen LogP contribution >= 0.6 is 26.8 Å². The summed E-state index contributed by atoms with van der Waals surface area (Å²) < 4.78 is 49.1. The number of hydrogen-bond donors (Lipinski definition) is 5. The number of nitrogens with one attached hydrogen (secondary N) is 1. The highest BCUT2D eigenvalue weighted by atomic mass is 35.5. The first-order valence-electron chi connectivity index (χ1n) is 10.1. The lowest BCUT2D eigenvalue weighted by molar-refractivity contribution is -0.0425. The normalized spacial score (nSPS) is 28.4. The number of aromatic nitrogens is 4. The zero-order valence-electron chi connectivity index (χ0n) is 17.1. The molecule has 1 saturated heterocycles. The number of imidazole rings is 1. The van der Waals surface area contributed by atoms with Crippen LogP contribution in [-0.2, 0) is 18.4 Å². The number of fused-ring (bicyclic) bond motifs is 1. The van der Waals surface area contributed by atoms with E-state index in [0.717, 1.165) is 25.7 Å². The predicted molar refractivity (Wildman–Crippen MR) is 114 cm³/mol. The monoisotopic (exact) mass is 529 g/mol. The van der Waals surface area contributed by atoms with E-state index >= 15 is 0 Å². The molecule has 1 aliphatic heterocycles. The molecule has 0 amide bonds. The van der Waals surface area contributed by atoms with Crippen molar-refractivity contribution >= 4 is 43.8 Å². The Morgan fingerprint density at radius 2 is 1.97 bits per heavy atom. The number of aliphatic hydroxyl groups is 1. The number of nitrogens with zero attached hydrogens (tertiary/aromatic N) is 4. The molecule has 184 valence electrons. The van der Waals surface area contributed by atoms with Crippen molar-refractivity contribution in [2.75, 3.05) is 17.8 Å². The van der Waals surface area contributed by atoms with E-state index in [1.165, 1.54) is 10.9 Å². The van der Waals surface area contributed by atoms with E-state index in [4.69, 9.17) is 26.1 Å². The van der Waals surface area contributed by atoms with Crippen LogP contribution in [0.1, 0.15) is 31.9 Å². The highest BCUT2D eigenvalue weighted by Crippen LogP contribution is 2.55. The van der Waals surface area contributed by atoms with Crippen molar-refractivity contribution in [1.82, 2.24) is 19.5 Å².